The lowest BCUT2D eigenvalue weighted by molar-refractivity contribution is 0.219. The zero-order valence-corrected chi connectivity index (χ0v) is 17.8. The molecule has 1 aliphatic rings. The fraction of sp³-hybridized carbons (Fsp3) is 0.360. The molecule has 152 valence electrons. The van der Waals surface area contributed by atoms with E-state index in [-0.39, 0.29) is 6.04 Å². The van der Waals surface area contributed by atoms with Crippen LogP contribution in [0.25, 0.3) is 0 Å². The molecule has 1 aliphatic heterocycles. The van der Waals surface area contributed by atoms with Crippen LogP contribution in [-0.4, -0.2) is 30.2 Å². The molecular formula is C25H30N2O2. The van der Waals surface area contributed by atoms with Crippen LogP contribution in [0.2, 0.25) is 0 Å². The van der Waals surface area contributed by atoms with Gasteiger partial charge in [-0.25, -0.2) is 0 Å². The van der Waals surface area contributed by atoms with Gasteiger partial charge in [0.25, 0.3) is 0 Å². The highest BCUT2D eigenvalue weighted by Gasteiger charge is 2.28. The Morgan fingerprint density at radius 1 is 0.931 bits per heavy atom. The van der Waals surface area contributed by atoms with Crippen LogP contribution < -0.4 is 9.47 Å². The van der Waals surface area contributed by atoms with Crippen molar-refractivity contribution in [1.29, 1.82) is 0 Å². The first-order valence-electron chi connectivity index (χ1n) is 10.3. The van der Waals surface area contributed by atoms with Crippen molar-refractivity contribution in [3.8, 4) is 11.5 Å². The largest absolute Gasteiger partial charge is 0.493 e. The van der Waals surface area contributed by atoms with Gasteiger partial charge in [0.1, 0.15) is 0 Å². The number of aryl methyl sites for hydroxylation is 3. The van der Waals surface area contributed by atoms with Crippen LogP contribution in [-0.2, 0) is 13.1 Å². The summed E-state index contributed by atoms with van der Waals surface area (Å²) >= 11 is 0. The molecular weight excluding hydrogens is 360 g/mol. The Kier molecular flexibility index (Phi) is 5.63. The number of methoxy groups -OCH3 is 2. The molecule has 0 saturated heterocycles. The highest BCUT2D eigenvalue weighted by atomic mass is 16.5. The molecule has 0 unspecified atom stereocenters. The van der Waals surface area contributed by atoms with E-state index in [1.807, 2.05) is 6.07 Å². The van der Waals surface area contributed by atoms with E-state index < -0.39 is 0 Å². The molecule has 0 amide bonds. The van der Waals surface area contributed by atoms with Crippen molar-refractivity contribution in [2.45, 2.75) is 39.4 Å². The molecule has 0 spiro atoms. The molecule has 1 atom stereocenters. The second-order valence-corrected chi connectivity index (χ2v) is 7.90. The third kappa shape index (κ3) is 3.90. The Morgan fingerprint density at radius 2 is 1.76 bits per heavy atom. The van der Waals surface area contributed by atoms with E-state index >= 15 is 0 Å². The quantitative estimate of drug-likeness (QED) is 0.605. The maximum Gasteiger partial charge on any atom is 0.161 e. The second-order valence-electron chi connectivity index (χ2n) is 7.90. The van der Waals surface area contributed by atoms with Crippen molar-refractivity contribution in [2.75, 3.05) is 20.8 Å². The van der Waals surface area contributed by atoms with Gasteiger partial charge < -0.3 is 14.0 Å². The molecule has 0 N–H and O–H groups in total. The fourth-order valence-electron chi connectivity index (χ4n) is 4.51. The summed E-state index contributed by atoms with van der Waals surface area (Å²) in [6.45, 7) is 7.37. The lowest BCUT2D eigenvalue weighted by Gasteiger charge is -2.32. The highest BCUT2D eigenvalue weighted by molar-refractivity contribution is 5.43. The molecule has 0 aliphatic carbocycles. The summed E-state index contributed by atoms with van der Waals surface area (Å²) in [5.74, 6) is 1.55. The van der Waals surface area contributed by atoms with Gasteiger partial charge in [0.2, 0.25) is 0 Å². The van der Waals surface area contributed by atoms with E-state index in [0.717, 1.165) is 37.6 Å². The first kappa shape index (κ1) is 19.6. The molecule has 4 rings (SSSR count). The van der Waals surface area contributed by atoms with Gasteiger partial charge in [0.15, 0.2) is 11.5 Å². The average Bonchev–Trinajstić information content (AvgIpc) is 3.11. The van der Waals surface area contributed by atoms with Crippen LogP contribution in [0.1, 0.15) is 40.4 Å². The highest BCUT2D eigenvalue weighted by Crippen LogP contribution is 2.36. The van der Waals surface area contributed by atoms with Gasteiger partial charge >= 0.3 is 0 Å². The molecule has 3 aromatic rings. The molecule has 4 nitrogen and oxygen atoms in total. The fourth-order valence-corrected chi connectivity index (χ4v) is 4.51. The Morgan fingerprint density at radius 3 is 2.52 bits per heavy atom. The number of hydrogen-bond donors (Lipinski definition) is 0. The topological polar surface area (TPSA) is 26.6 Å². The van der Waals surface area contributed by atoms with Crippen molar-refractivity contribution in [2.24, 2.45) is 0 Å². The standard InChI is InChI=1S/C25H30N2O2/c1-18-8-10-21(19(2)15-18)25-22-7-5-12-26(22)13-6-14-27(25)17-20-9-11-23(28-3)24(16-20)29-4/h5,7-12,15-16,25H,6,13-14,17H2,1-4H3/t25-/m0/s1. The van der Waals surface area contributed by atoms with Crippen molar-refractivity contribution in [1.82, 2.24) is 9.47 Å². The third-order valence-electron chi connectivity index (χ3n) is 5.91. The maximum absolute atomic E-state index is 5.53. The van der Waals surface area contributed by atoms with Crippen molar-refractivity contribution >= 4 is 0 Å². The summed E-state index contributed by atoms with van der Waals surface area (Å²) in [5.41, 5.74) is 6.65. The maximum atomic E-state index is 5.53. The van der Waals surface area contributed by atoms with Crippen LogP contribution in [0, 0.1) is 13.8 Å². The molecule has 4 heteroatoms. The summed E-state index contributed by atoms with van der Waals surface area (Å²) in [6.07, 6.45) is 3.35. The Bertz CT molecular complexity index is 992. The molecule has 0 fully saturated rings. The van der Waals surface area contributed by atoms with E-state index in [2.05, 4.69) is 72.0 Å². The van der Waals surface area contributed by atoms with Crippen LogP contribution in [0.3, 0.4) is 0 Å². The molecule has 0 bridgehead atoms. The molecule has 2 aromatic carbocycles. The smallest absolute Gasteiger partial charge is 0.161 e. The number of aromatic nitrogens is 1. The van der Waals surface area contributed by atoms with E-state index in [1.165, 1.54) is 27.9 Å². The summed E-state index contributed by atoms with van der Waals surface area (Å²) in [5, 5.41) is 0. The molecule has 29 heavy (non-hydrogen) atoms. The number of rotatable bonds is 5. The van der Waals surface area contributed by atoms with Gasteiger partial charge in [0.05, 0.1) is 20.3 Å². The lowest BCUT2D eigenvalue weighted by Crippen LogP contribution is -2.30. The summed E-state index contributed by atoms with van der Waals surface area (Å²) < 4.78 is 13.4. The van der Waals surface area contributed by atoms with Gasteiger partial charge in [-0.15, -0.1) is 0 Å². The van der Waals surface area contributed by atoms with Crippen molar-refractivity contribution < 1.29 is 9.47 Å². The van der Waals surface area contributed by atoms with Crippen LogP contribution in [0.5, 0.6) is 11.5 Å². The third-order valence-corrected chi connectivity index (χ3v) is 5.91. The normalized spacial score (nSPS) is 16.9. The van der Waals surface area contributed by atoms with Crippen molar-refractivity contribution in [3.63, 3.8) is 0 Å². The van der Waals surface area contributed by atoms with Gasteiger partial charge in [-0.2, -0.15) is 0 Å². The predicted molar refractivity (Wildman–Crippen MR) is 117 cm³/mol. The Labute approximate surface area is 173 Å². The van der Waals surface area contributed by atoms with E-state index in [4.69, 9.17) is 9.47 Å². The van der Waals surface area contributed by atoms with Crippen LogP contribution in [0.15, 0.2) is 54.7 Å². The average molecular weight is 391 g/mol. The minimum atomic E-state index is 0.237. The number of fused-ring (bicyclic) bond motifs is 1. The number of hydrogen-bond acceptors (Lipinski definition) is 3. The summed E-state index contributed by atoms with van der Waals surface area (Å²) in [6, 6.07) is 17.8. The minimum absolute atomic E-state index is 0.237. The second kappa shape index (κ2) is 8.34. The number of benzene rings is 2. The first-order chi connectivity index (χ1) is 14.1. The molecule has 2 heterocycles. The SMILES string of the molecule is COc1ccc(CN2CCCn3cccc3[C@@H]2c2ccc(C)cc2C)cc1OC. The predicted octanol–water partition coefficient (Wildman–Crippen LogP) is 5.12. The van der Waals surface area contributed by atoms with E-state index in [0.29, 0.717) is 0 Å². The van der Waals surface area contributed by atoms with Gasteiger partial charge in [-0.3, -0.25) is 4.90 Å². The number of nitrogens with zero attached hydrogens (tertiary/aromatic N) is 2. The van der Waals surface area contributed by atoms with Gasteiger partial charge in [-0.05, 0) is 61.2 Å². The lowest BCUT2D eigenvalue weighted by atomic mass is 9.95. The monoisotopic (exact) mass is 390 g/mol. The van der Waals surface area contributed by atoms with Gasteiger partial charge in [-0.1, -0.05) is 29.8 Å². The van der Waals surface area contributed by atoms with Crippen LogP contribution in [0.4, 0.5) is 0 Å². The Balaban J connectivity index is 1.74. The molecule has 0 saturated carbocycles. The van der Waals surface area contributed by atoms with Gasteiger partial charge in [0, 0.05) is 31.5 Å². The zero-order chi connectivity index (χ0) is 20.4. The summed E-state index contributed by atoms with van der Waals surface area (Å²) in [7, 11) is 3.37. The van der Waals surface area contributed by atoms with E-state index in [9.17, 15) is 0 Å². The minimum Gasteiger partial charge on any atom is -0.493 e. The molecule has 0 radical (unpaired) electrons. The first-order valence-corrected chi connectivity index (χ1v) is 10.3. The number of ether oxygens (including phenoxy) is 2. The molecule has 1 aromatic heterocycles. The van der Waals surface area contributed by atoms with Crippen molar-refractivity contribution in [3.05, 3.63) is 82.7 Å². The Hall–Kier alpha value is -2.72. The van der Waals surface area contributed by atoms with Crippen LogP contribution >= 0.6 is 0 Å². The summed E-state index contributed by atoms with van der Waals surface area (Å²) in [4.78, 5) is 2.59. The van der Waals surface area contributed by atoms with E-state index in [1.54, 1.807) is 14.2 Å². The zero-order valence-electron chi connectivity index (χ0n) is 17.8.